The summed E-state index contributed by atoms with van der Waals surface area (Å²) >= 11 is 5.70. The lowest BCUT2D eigenvalue weighted by Gasteiger charge is -2.16. The minimum Gasteiger partial charge on any atom is -0.462 e. The van der Waals surface area contributed by atoms with Crippen molar-refractivity contribution in [2.75, 3.05) is 22.6 Å². The van der Waals surface area contributed by atoms with Gasteiger partial charge in [-0.25, -0.2) is 4.79 Å². The lowest BCUT2D eigenvalue weighted by molar-refractivity contribution is -0.116. The van der Waals surface area contributed by atoms with Crippen LogP contribution in [0, 0.1) is 6.92 Å². The van der Waals surface area contributed by atoms with Crippen LogP contribution in [0.5, 0.6) is 0 Å². The quantitative estimate of drug-likeness (QED) is 0.0497. The highest BCUT2D eigenvalue weighted by Crippen LogP contribution is 2.36. The number of carbonyl (C=O) groups excluding carboxylic acids is 5. The molecule has 4 aromatic carbocycles. The Kier molecular flexibility index (Phi) is 14.0. The van der Waals surface area contributed by atoms with Crippen LogP contribution in [0.15, 0.2) is 124 Å². The van der Waals surface area contributed by atoms with Crippen LogP contribution in [0.3, 0.4) is 0 Å². The van der Waals surface area contributed by atoms with E-state index in [4.69, 9.17) is 4.74 Å². The maximum Gasteiger partial charge on any atom is 0.341 e. The van der Waals surface area contributed by atoms with Gasteiger partial charge in [-0.1, -0.05) is 77.5 Å². The SMILES string of the molecule is CCOC(=O)c1c(NC(=O)C(CC)Sc2cccc(NC(=O)/C(=C/c3ccc(Br)cc3)NC(=O)c3ccccc3)c2)sc(C(=O)Nc2ccccc2)c1C. The van der Waals surface area contributed by atoms with Gasteiger partial charge in [-0.2, -0.15) is 0 Å². The van der Waals surface area contributed by atoms with Crippen LogP contribution < -0.4 is 21.3 Å². The number of amides is 4. The summed E-state index contributed by atoms with van der Waals surface area (Å²) in [5.41, 5.74) is 2.71. The maximum absolute atomic E-state index is 13.7. The van der Waals surface area contributed by atoms with Crippen molar-refractivity contribution in [3.8, 4) is 0 Å². The molecule has 0 aliphatic rings. The van der Waals surface area contributed by atoms with E-state index in [-0.39, 0.29) is 33.7 Å². The molecule has 0 spiro atoms. The van der Waals surface area contributed by atoms with Gasteiger partial charge in [0.05, 0.1) is 22.3 Å². The summed E-state index contributed by atoms with van der Waals surface area (Å²) in [5, 5.41) is 10.9. The number of benzene rings is 4. The summed E-state index contributed by atoms with van der Waals surface area (Å²) < 4.78 is 6.15. The first-order chi connectivity index (χ1) is 26.1. The van der Waals surface area contributed by atoms with Crippen LogP contribution in [0.2, 0.25) is 0 Å². The van der Waals surface area contributed by atoms with Gasteiger partial charge in [0, 0.05) is 26.3 Å². The van der Waals surface area contributed by atoms with E-state index in [2.05, 4.69) is 37.2 Å². The molecule has 5 aromatic rings. The predicted molar refractivity (Wildman–Crippen MR) is 219 cm³/mol. The number of halogens is 1. The first-order valence-corrected chi connectivity index (χ1v) is 19.4. The number of thioether (sulfide) groups is 1. The molecular weight excluding hydrogens is 789 g/mol. The molecular formula is C41H37BrN4O6S2. The first-order valence-electron chi connectivity index (χ1n) is 17.0. The zero-order valence-electron chi connectivity index (χ0n) is 29.6. The van der Waals surface area contributed by atoms with Crippen LogP contribution in [0.4, 0.5) is 16.4 Å². The number of esters is 1. The standard InChI is InChI=1S/C41H37BrN4O6S2/c1-4-33(38(49)46-40-34(41(51)52-5-2)25(3)35(54-40)39(50)43-29-15-10-7-11-16-29)53-31-18-12-17-30(24-31)44-37(48)32(23-26-19-21-28(42)22-20-26)45-36(47)27-13-8-6-9-14-27/h6-24,33H,4-5H2,1-3H3,(H,43,50)(H,44,48)(H,45,47)(H,46,49)/b32-23-. The van der Waals surface area contributed by atoms with E-state index < -0.39 is 28.9 Å². The van der Waals surface area contributed by atoms with Crippen LogP contribution >= 0.6 is 39.0 Å². The molecule has 0 saturated carbocycles. The zero-order valence-corrected chi connectivity index (χ0v) is 32.8. The summed E-state index contributed by atoms with van der Waals surface area (Å²) in [5.74, 6) is -2.41. The van der Waals surface area contributed by atoms with Gasteiger partial charge < -0.3 is 26.0 Å². The number of ether oxygens (including phenoxy) is 1. The molecule has 276 valence electrons. The molecule has 1 atom stereocenters. The van der Waals surface area contributed by atoms with Crippen molar-refractivity contribution in [3.63, 3.8) is 0 Å². The van der Waals surface area contributed by atoms with E-state index in [1.54, 1.807) is 92.7 Å². The molecule has 4 amide bonds. The summed E-state index contributed by atoms with van der Waals surface area (Å²) in [4.78, 5) is 67.7. The molecule has 1 aromatic heterocycles. The first kappa shape index (κ1) is 39.7. The molecule has 0 aliphatic heterocycles. The van der Waals surface area contributed by atoms with E-state index in [1.807, 2.05) is 43.3 Å². The zero-order chi connectivity index (χ0) is 38.6. The number of hydrogen-bond acceptors (Lipinski definition) is 8. The molecule has 13 heteroatoms. The molecule has 0 radical (unpaired) electrons. The molecule has 5 rings (SSSR count). The summed E-state index contributed by atoms with van der Waals surface area (Å²) in [7, 11) is 0. The van der Waals surface area contributed by atoms with Crippen molar-refractivity contribution >= 4 is 91.1 Å². The molecule has 4 N–H and O–H groups in total. The van der Waals surface area contributed by atoms with Gasteiger partial charge in [-0.15, -0.1) is 23.1 Å². The summed E-state index contributed by atoms with van der Waals surface area (Å²) in [6, 6.07) is 31.8. The van der Waals surface area contributed by atoms with E-state index in [9.17, 15) is 24.0 Å². The summed E-state index contributed by atoms with van der Waals surface area (Å²) in [6.45, 7) is 5.31. The van der Waals surface area contributed by atoms with Gasteiger partial charge in [0.25, 0.3) is 17.7 Å². The molecule has 1 unspecified atom stereocenters. The molecule has 1 heterocycles. The van der Waals surface area contributed by atoms with Crippen molar-refractivity contribution < 1.29 is 28.7 Å². The highest BCUT2D eigenvalue weighted by molar-refractivity contribution is 9.10. The van der Waals surface area contributed by atoms with E-state index >= 15 is 0 Å². The monoisotopic (exact) mass is 824 g/mol. The van der Waals surface area contributed by atoms with Crippen molar-refractivity contribution in [1.82, 2.24) is 5.32 Å². The molecule has 54 heavy (non-hydrogen) atoms. The second-order valence-corrected chi connectivity index (χ2v) is 14.9. The second-order valence-electron chi connectivity index (χ2n) is 11.7. The highest BCUT2D eigenvalue weighted by Gasteiger charge is 2.29. The smallest absolute Gasteiger partial charge is 0.341 e. The number of hydrogen-bond donors (Lipinski definition) is 4. The number of rotatable bonds is 14. The molecule has 0 fully saturated rings. The van der Waals surface area contributed by atoms with E-state index in [0.717, 1.165) is 15.8 Å². The summed E-state index contributed by atoms with van der Waals surface area (Å²) in [6.07, 6.45) is 2.02. The number of nitrogens with one attached hydrogen (secondary N) is 4. The Bertz CT molecular complexity index is 2170. The van der Waals surface area contributed by atoms with Crippen molar-refractivity contribution in [1.29, 1.82) is 0 Å². The lowest BCUT2D eigenvalue weighted by atomic mass is 10.1. The molecule has 10 nitrogen and oxygen atoms in total. The van der Waals surface area contributed by atoms with Crippen molar-refractivity contribution in [2.45, 2.75) is 37.3 Å². The fourth-order valence-corrected chi connectivity index (χ4v) is 7.54. The van der Waals surface area contributed by atoms with Gasteiger partial charge in [0.15, 0.2) is 0 Å². The second kappa shape index (κ2) is 19.0. The highest BCUT2D eigenvalue weighted by atomic mass is 79.9. The van der Waals surface area contributed by atoms with Gasteiger partial charge in [0.2, 0.25) is 5.91 Å². The van der Waals surface area contributed by atoms with Crippen molar-refractivity contribution in [2.24, 2.45) is 0 Å². The number of para-hydroxylation sites is 1. The Labute approximate surface area is 329 Å². The molecule has 0 bridgehead atoms. The topological polar surface area (TPSA) is 143 Å². The third-order valence-corrected chi connectivity index (χ3v) is 10.9. The Balaban J connectivity index is 1.33. The number of carbonyl (C=O) groups is 5. The van der Waals surface area contributed by atoms with Gasteiger partial charge in [-0.3, -0.25) is 19.2 Å². The third kappa shape index (κ3) is 10.6. The number of thiophene rings is 1. The average molecular weight is 826 g/mol. The minimum atomic E-state index is -0.641. The largest absolute Gasteiger partial charge is 0.462 e. The fraction of sp³-hybridized carbons (Fsp3) is 0.146. The molecule has 0 saturated heterocycles. The van der Waals surface area contributed by atoms with Crippen LogP contribution in [-0.4, -0.2) is 41.5 Å². The van der Waals surface area contributed by atoms with Crippen molar-refractivity contribution in [3.05, 3.63) is 146 Å². The minimum absolute atomic E-state index is 0.0375. The lowest BCUT2D eigenvalue weighted by Crippen LogP contribution is -2.30. The Hall–Kier alpha value is -5.50. The van der Waals surface area contributed by atoms with Crippen LogP contribution in [0.25, 0.3) is 6.08 Å². The van der Waals surface area contributed by atoms with Gasteiger partial charge >= 0.3 is 5.97 Å². The third-order valence-electron chi connectivity index (χ3n) is 7.84. The normalized spacial score (nSPS) is 11.6. The van der Waals surface area contributed by atoms with Gasteiger partial charge in [0.1, 0.15) is 10.7 Å². The van der Waals surface area contributed by atoms with Crippen LogP contribution in [-0.2, 0) is 14.3 Å². The van der Waals surface area contributed by atoms with E-state index in [1.165, 1.54) is 11.8 Å². The maximum atomic E-state index is 13.7. The Morgan fingerprint density at radius 3 is 2.13 bits per heavy atom. The van der Waals surface area contributed by atoms with E-state index in [0.29, 0.717) is 39.4 Å². The van der Waals surface area contributed by atoms with Crippen LogP contribution in [0.1, 0.15) is 61.8 Å². The fourth-order valence-electron chi connectivity index (χ4n) is 5.17. The predicted octanol–water partition coefficient (Wildman–Crippen LogP) is 9.17. The Morgan fingerprint density at radius 2 is 1.46 bits per heavy atom. The average Bonchev–Trinajstić information content (AvgIpc) is 3.50. The number of anilines is 3. The molecule has 0 aliphatic carbocycles. The Morgan fingerprint density at radius 1 is 0.796 bits per heavy atom. The van der Waals surface area contributed by atoms with Gasteiger partial charge in [-0.05, 0) is 92.1 Å².